The number of likely N-dealkylation sites (N-methyl/N-ethyl adjacent to an activating group) is 1. The molecule has 6 nitrogen and oxygen atoms in total. The van der Waals surface area contributed by atoms with Gasteiger partial charge in [-0.2, -0.15) is 0 Å². The molecule has 1 amide bonds. The summed E-state index contributed by atoms with van der Waals surface area (Å²) in [6, 6.07) is 1.80. The molecular weight excluding hydrogens is 266 g/mol. The Bertz CT molecular complexity index is 495. The first-order valence-corrected chi connectivity index (χ1v) is 7.53. The average molecular weight is 291 g/mol. The lowest BCUT2D eigenvalue weighted by Crippen LogP contribution is -2.45. The van der Waals surface area contributed by atoms with Gasteiger partial charge in [0.25, 0.3) is 5.91 Å². The summed E-state index contributed by atoms with van der Waals surface area (Å²) >= 11 is 0. The van der Waals surface area contributed by atoms with E-state index in [1.807, 2.05) is 6.92 Å². The van der Waals surface area contributed by atoms with Crippen molar-refractivity contribution < 1.29 is 4.79 Å². The highest BCUT2D eigenvalue weighted by atomic mass is 16.1. The first-order valence-electron chi connectivity index (χ1n) is 7.53. The van der Waals surface area contributed by atoms with Crippen LogP contribution >= 0.6 is 0 Å². The number of carbonyl (C=O) groups is 1. The zero-order valence-electron chi connectivity index (χ0n) is 13.4. The molecule has 6 heteroatoms. The maximum atomic E-state index is 12.2. The summed E-state index contributed by atoms with van der Waals surface area (Å²) in [5.41, 5.74) is 0.456. The maximum absolute atomic E-state index is 12.2. The lowest BCUT2D eigenvalue weighted by Gasteiger charge is -2.33. The molecule has 0 bridgehead atoms. The molecule has 0 radical (unpaired) electrons. The van der Waals surface area contributed by atoms with Crippen LogP contribution in [0, 0.1) is 12.8 Å². The quantitative estimate of drug-likeness (QED) is 0.894. The van der Waals surface area contributed by atoms with Crippen molar-refractivity contribution in [2.45, 2.75) is 20.8 Å². The largest absolute Gasteiger partial charge is 0.354 e. The number of aromatic nitrogens is 2. The third-order valence-corrected chi connectivity index (χ3v) is 3.56. The van der Waals surface area contributed by atoms with Gasteiger partial charge in [0, 0.05) is 38.8 Å². The second-order valence-corrected chi connectivity index (χ2v) is 6.05. The summed E-state index contributed by atoms with van der Waals surface area (Å²) in [4.78, 5) is 25.4. The van der Waals surface area contributed by atoms with E-state index < -0.39 is 0 Å². The summed E-state index contributed by atoms with van der Waals surface area (Å²) in [7, 11) is 2.12. The summed E-state index contributed by atoms with van der Waals surface area (Å²) in [5, 5.41) is 2.91. The van der Waals surface area contributed by atoms with Crippen LogP contribution in [0.4, 0.5) is 5.82 Å². The summed E-state index contributed by atoms with van der Waals surface area (Å²) < 4.78 is 0. The molecule has 21 heavy (non-hydrogen) atoms. The van der Waals surface area contributed by atoms with Crippen LogP contribution in [0.3, 0.4) is 0 Å². The van der Waals surface area contributed by atoms with Gasteiger partial charge in [0.2, 0.25) is 0 Å². The molecular formula is C15H25N5O. The first-order chi connectivity index (χ1) is 9.95. The van der Waals surface area contributed by atoms with Crippen LogP contribution in [-0.2, 0) is 0 Å². The fourth-order valence-corrected chi connectivity index (χ4v) is 2.25. The zero-order valence-corrected chi connectivity index (χ0v) is 13.4. The van der Waals surface area contributed by atoms with Crippen LogP contribution in [0.15, 0.2) is 6.07 Å². The zero-order chi connectivity index (χ0) is 15.4. The molecule has 0 unspecified atom stereocenters. The number of anilines is 1. The smallest absolute Gasteiger partial charge is 0.270 e. The van der Waals surface area contributed by atoms with Crippen molar-refractivity contribution in [1.82, 2.24) is 20.2 Å². The van der Waals surface area contributed by atoms with Gasteiger partial charge in [-0.3, -0.25) is 4.79 Å². The molecule has 0 saturated carbocycles. The van der Waals surface area contributed by atoms with Crippen LogP contribution in [0.25, 0.3) is 0 Å². The number of aryl methyl sites for hydroxylation is 1. The minimum atomic E-state index is -0.121. The number of amides is 1. The molecule has 0 spiro atoms. The Hall–Kier alpha value is -1.69. The molecule has 1 aliphatic heterocycles. The van der Waals surface area contributed by atoms with Crippen LogP contribution in [0.1, 0.15) is 30.2 Å². The van der Waals surface area contributed by atoms with Gasteiger partial charge < -0.3 is 15.1 Å². The Morgan fingerprint density at radius 2 is 1.95 bits per heavy atom. The molecule has 0 aromatic carbocycles. The van der Waals surface area contributed by atoms with Crippen LogP contribution in [0.2, 0.25) is 0 Å². The molecule has 1 fully saturated rings. The Morgan fingerprint density at radius 3 is 2.57 bits per heavy atom. The number of nitrogens with one attached hydrogen (secondary N) is 1. The molecule has 1 aromatic heterocycles. The summed E-state index contributed by atoms with van der Waals surface area (Å²) in [5.74, 6) is 1.80. The molecule has 2 heterocycles. The van der Waals surface area contributed by atoms with Crippen molar-refractivity contribution in [2.75, 3.05) is 44.7 Å². The molecule has 0 aliphatic carbocycles. The van der Waals surface area contributed by atoms with Gasteiger partial charge in [-0.1, -0.05) is 13.8 Å². The molecule has 1 aliphatic rings. The van der Waals surface area contributed by atoms with Gasteiger partial charge in [0.1, 0.15) is 17.3 Å². The van der Waals surface area contributed by atoms with Crippen molar-refractivity contribution in [3.63, 3.8) is 0 Å². The topological polar surface area (TPSA) is 61.4 Å². The highest BCUT2D eigenvalue weighted by molar-refractivity contribution is 5.92. The molecule has 1 aromatic rings. The van der Waals surface area contributed by atoms with Crippen molar-refractivity contribution in [2.24, 2.45) is 5.92 Å². The lowest BCUT2D eigenvalue weighted by atomic mass is 10.2. The van der Waals surface area contributed by atoms with E-state index in [0.717, 1.165) is 32.0 Å². The fourth-order valence-electron chi connectivity index (χ4n) is 2.25. The standard InChI is InChI=1S/C15H25N5O/c1-11(2)10-16-15(21)13-9-14(18-12(3)17-13)20-7-5-19(4)6-8-20/h9,11H,5-8,10H2,1-4H3,(H,16,21). The van der Waals surface area contributed by atoms with Gasteiger partial charge in [0.05, 0.1) is 0 Å². The number of hydrogen-bond acceptors (Lipinski definition) is 5. The average Bonchev–Trinajstić information content (AvgIpc) is 2.44. The molecule has 0 atom stereocenters. The Morgan fingerprint density at radius 1 is 1.29 bits per heavy atom. The number of nitrogens with zero attached hydrogens (tertiary/aromatic N) is 4. The third-order valence-electron chi connectivity index (χ3n) is 3.56. The van der Waals surface area contributed by atoms with Gasteiger partial charge >= 0.3 is 0 Å². The van der Waals surface area contributed by atoms with Crippen molar-refractivity contribution >= 4 is 11.7 Å². The van der Waals surface area contributed by atoms with E-state index in [2.05, 4.69) is 46.0 Å². The highest BCUT2D eigenvalue weighted by Crippen LogP contribution is 2.15. The molecule has 2 rings (SSSR count). The fraction of sp³-hybridized carbons (Fsp3) is 0.667. The van der Waals surface area contributed by atoms with Gasteiger partial charge in [-0.05, 0) is 19.9 Å². The molecule has 116 valence electrons. The van der Waals surface area contributed by atoms with E-state index in [4.69, 9.17) is 0 Å². The third kappa shape index (κ3) is 4.39. The second-order valence-electron chi connectivity index (χ2n) is 6.05. The number of rotatable bonds is 4. The summed E-state index contributed by atoms with van der Waals surface area (Å²) in [6.07, 6.45) is 0. The van der Waals surface area contributed by atoms with Crippen LogP contribution < -0.4 is 10.2 Å². The van der Waals surface area contributed by atoms with Crippen LogP contribution in [-0.4, -0.2) is 60.5 Å². The van der Waals surface area contributed by atoms with E-state index in [9.17, 15) is 4.79 Å². The van der Waals surface area contributed by atoms with E-state index in [-0.39, 0.29) is 5.91 Å². The maximum Gasteiger partial charge on any atom is 0.270 e. The van der Waals surface area contributed by atoms with E-state index >= 15 is 0 Å². The first kappa shape index (κ1) is 15.7. The molecule has 1 N–H and O–H groups in total. The summed E-state index contributed by atoms with van der Waals surface area (Å²) in [6.45, 7) is 10.5. The Kier molecular flexibility index (Phi) is 5.12. The van der Waals surface area contributed by atoms with Crippen LogP contribution in [0.5, 0.6) is 0 Å². The Labute approximate surface area is 126 Å². The van der Waals surface area contributed by atoms with E-state index in [0.29, 0.717) is 24.0 Å². The van der Waals surface area contributed by atoms with Crippen molar-refractivity contribution in [3.8, 4) is 0 Å². The molecule has 1 saturated heterocycles. The number of carbonyl (C=O) groups excluding carboxylic acids is 1. The number of piperazine rings is 1. The van der Waals surface area contributed by atoms with E-state index in [1.54, 1.807) is 6.07 Å². The minimum Gasteiger partial charge on any atom is -0.354 e. The van der Waals surface area contributed by atoms with E-state index in [1.165, 1.54) is 0 Å². The van der Waals surface area contributed by atoms with Crippen molar-refractivity contribution in [3.05, 3.63) is 17.6 Å². The SMILES string of the molecule is Cc1nc(C(=O)NCC(C)C)cc(N2CCN(C)CC2)n1. The van der Waals surface area contributed by atoms with Gasteiger partial charge in [-0.25, -0.2) is 9.97 Å². The normalized spacial score (nSPS) is 16.3. The second kappa shape index (κ2) is 6.85. The lowest BCUT2D eigenvalue weighted by molar-refractivity contribution is 0.0943. The highest BCUT2D eigenvalue weighted by Gasteiger charge is 2.18. The number of hydrogen-bond donors (Lipinski definition) is 1. The predicted octanol–water partition coefficient (Wildman–Crippen LogP) is 0.923. The van der Waals surface area contributed by atoms with Crippen molar-refractivity contribution in [1.29, 1.82) is 0 Å². The van der Waals surface area contributed by atoms with Gasteiger partial charge in [0.15, 0.2) is 0 Å². The monoisotopic (exact) mass is 291 g/mol. The minimum absolute atomic E-state index is 0.121. The Balaban J connectivity index is 2.11. The predicted molar refractivity (Wildman–Crippen MR) is 83.7 cm³/mol. The van der Waals surface area contributed by atoms with Gasteiger partial charge in [-0.15, -0.1) is 0 Å².